The fourth-order valence-electron chi connectivity index (χ4n) is 2.20. The van der Waals surface area contributed by atoms with Crippen LogP contribution in [0, 0.1) is 12.8 Å². The third-order valence-electron chi connectivity index (χ3n) is 3.11. The van der Waals surface area contributed by atoms with Gasteiger partial charge in [0.05, 0.1) is 11.5 Å². The lowest BCUT2D eigenvalue weighted by molar-refractivity contribution is -0.138. The van der Waals surface area contributed by atoms with Crippen molar-refractivity contribution in [3.8, 4) is 0 Å². The molecule has 0 heterocycles. The predicted molar refractivity (Wildman–Crippen MR) is 64.5 cm³/mol. The van der Waals surface area contributed by atoms with E-state index in [1.54, 1.807) is 0 Å². The molecule has 0 saturated heterocycles. The second-order valence-electron chi connectivity index (χ2n) is 4.60. The molecule has 1 aliphatic carbocycles. The Morgan fingerprint density at radius 1 is 1.32 bits per heavy atom. The second kappa shape index (κ2) is 4.28. The van der Waals surface area contributed by atoms with Gasteiger partial charge in [0.25, 0.3) is 0 Å². The maximum absolute atomic E-state index is 12.7. The molecule has 7 heteroatoms. The van der Waals surface area contributed by atoms with Crippen LogP contribution < -0.4 is 0 Å². The molecule has 0 unspecified atom stereocenters. The van der Waals surface area contributed by atoms with E-state index in [-0.39, 0.29) is 5.56 Å². The zero-order chi connectivity index (χ0) is 14.6. The van der Waals surface area contributed by atoms with Crippen molar-refractivity contribution in [2.24, 2.45) is 5.92 Å². The van der Waals surface area contributed by atoms with Gasteiger partial charge in [-0.2, -0.15) is 13.2 Å². The molecule has 104 valence electrons. The number of rotatable bonds is 2. The van der Waals surface area contributed by atoms with Crippen LogP contribution in [0.4, 0.5) is 13.2 Å². The van der Waals surface area contributed by atoms with Gasteiger partial charge in [0.1, 0.15) is 4.33 Å². The molecule has 19 heavy (non-hydrogen) atoms. The van der Waals surface area contributed by atoms with E-state index < -0.39 is 33.9 Å². The first-order valence-corrected chi connectivity index (χ1v) is 6.10. The van der Waals surface area contributed by atoms with E-state index in [0.717, 1.165) is 12.1 Å². The number of carbonyl (C=O) groups is 1. The first kappa shape index (κ1) is 14.5. The fraction of sp³-hybridized carbons (Fsp3) is 0.417. The monoisotopic (exact) mass is 312 g/mol. The standard InChI is InChI=1S/C12H9Cl2F3O2/c1-5-2-6(4-7(3-5)12(15,16)17)8-9(10(18)19)11(8,13)14/h2-4,8-9H,1H3,(H,18,19)/t8-,9+/m1/s1. The van der Waals surface area contributed by atoms with Crippen LogP contribution in [0.5, 0.6) is 0 Å². The second-order valence-corrected chi connectivity index (χ2v) is 6.04. The van der Waals surface area contributed by atoms with E-state index in [1.165, 1.54) is 13.0 Å². The maximum Gasteiger partial charge on any atom is 0.416 e. The molecule has 0 bridgehead atoms. The molecule has 2 nitrogen and oxygen atoms in total. The van der Waals surface area contributed by atoms with Gasteiger partial charge in [0, 0.05) is 5.92 Å². The molecule has 1 saturated carbocycles. The smallest absolute Gasteiger partial charge is 0.416 e. The minimum absolute atomic E-state index is 0.199. The molecule has 1 N–H and O–H groups in total. The molecule has 0 spiro atoms. The lowest BCUT2D eigenvalue weighted by atomic mass is 10.0. The van der Waals surface area contributed by atoms with Crippen LogP contribution in [0.1, 0.15) is 22.6 Å². The highest BCUT2D eigenvalue weighted by Crippen LogP contribution is 2.65. The zero-order valence-corrected chi connectivity index (χ0v) is 11.1. The fourth-order valence-corrected chi connectivity index (χ4v) is 3.02. The number of hydrogen-bond acceptors (Lipinski definition) is 1. The number of carboxylic acids is 1. The lowest BCUT2D eigenvalue weighted by Crippen LogP contribution is -2.06. The largest absolute Gasteiger partial charge is 0.481 e. The minimum Gasteiger partial charge on any atom is -0.481 e. The molecule has 0 amide bonds. The number of hydrogen-bond donors (Lipinski definition) is 1. The van der Waals surface area contributed by atoms with Gasteiger partial charge in [-0.15, -0.1) is 0 Å². The number of aliphatic carboxylic acids is 1. The molecule has 0 aromatic heterocycles. The SMILES string of the molecule is Cc1cc([C@@H]2[C@@H](C(=O)O)C2(Cl)Cl)cc(C(F)(F)F)c1. The Bertz CT molecular complexity index is 540. The summed E-state index contributed by atoms with van der Waals surface area (Å²) < 4.78 is 36.5. The summed E-state index contributed by atoms with van der Waals surface area (Å²) in [6.45, 7) is 1.50. The van der Waals surface area contributed by atoms with E-state index in [2.05, 4.69) is 0 Å². The molecule has 2 atom stereocenters. The van der Waals surface area contributed by atoms with Gasteiger partial charge in [-0.05, 0) is 24.6 Å². The van der Waals surface area contributed by atoms with Crippen molar-refractivity contribution in [2.45, 2.75) is 23.4 Å². The Morgan fingerprint density at radius 2 is 1.89 bits per heavy atom. The highest BCUT2D eigenvalue weighted by molar-refractivity contribution is 6.53. The molecule has 1 fully saturated rings. The van der Waals surface area contributed by atoms with Crippen LogP contribution >= 0.6 is 23.2 Å². The van der Waals surface area contributed by atoms with Gasteiger partial charge >= 0.3 is 12.1 Å². The predicted octanol–water partition coefficient (Wildman–Crippen LogP) is 3.99. The molecular formula is C12H9Cl2F3O2. The highest BCUT2D eigenvalue weighted by atomic mass is 35.5. The Morgan fingerprint density at radius 3 is 2.32 bits per heavy atom. The topological polar surface area (TPSA) is 37.3 Å². The Labute approximate surface area is 117 Å². The third kappa shape index (κ3) is 2.54. The quantitative estimate of drug-likeness (QED) is 0.838. The van der Waals surface area contributed by atoms with E-state index in [0.29, 0.717) is 5.56 Å². The summed E-state index contributed by atoms with van der Waals surface area (Å²) in [7, 11) is 0. The lowest BCUT2D eigenvalue weighted by Gasteiger charge is -2.10. The van der Waals surface area contributed by atoms with E-state index in [1.807, 2.05) is 0 Å². The molecule has 1 aliphatic rings. The van der Waals surface area contributed by atoms with Crippen molar-refractivity contribution in [3.05, 3.63) is 34.9 Å². The van der Waals surface area contributed by atoms with Crippen LogP contribution in [0.25, 0.3) is 0 Å². The third-order valence-corrected chi connectivity index (χ3v) is 4.05. The summed E-state index contributed by atoms with van der Waals surface area (Å²) in [4.78, 5) is 10.9. The van der Waals surface area contributed by atoms with Crippen LogP contribution in [0.15, 0.2) is 18.2 Å². The average Bonchev–Trinajstić information content (AvgIpc) is 2.79. The zero-order valence-electron chi connectivity index (χ0n) is 9.63. The molecule has 2 rings (SSSR count). The van der Waals surface area contributed by atoms with Crippen molar-refractivity contribution in [1.29, 1.82) is 0 Å². The van der Waals surface area contributed by atoms with Crippen LogP contribution in [-0.2, 0) is 11.0 Å². The van der Waals surface area contributed by atoms with Gasteiger partial charge in [0.2, 0.25) is 0 Å². The van der Waals surface area contributed by atoms with Crippen LogP contribution in [-0.4, -0.2) is 15.4 Å². The summed E-state index contributed by atoms with van der Waals surface area (Å²) in [5, 5.41) is 8.93. The summed E-state index contributed by atoms with van der Waals surface area (Å²) in [6.07, 6.45) is -4.49. The van der Waals surface area contributed by atoms with E-state index >= 15 is 0 Å². The van der Waals surface area contributed by atoms with E-state index in [4.69, 9.17) is 28.3 Å². The van der Waals surface area contributed by atoms with Crippen LogP contribution in [0.3, 0.4) is 0 Å². The number of benzene rings is 1. The first-order chi connectivity index (χ1) is 8.55. The van der Waals surface area contributed by atoms with Crippen molar-refractivity contribution in [1.82, 2.24) is 0 Å². The van der Waals surface area contributed by atoms with Crippen molar-refractivity contribution in [3.63, 3.8) is 0 Å². The van der Waals surface area contributed by atoms with Crippen molar-refractivity contribution >= 4 is 29.2 Å². The molecular weight excluding hydrogens is 304 g/mol. The number of aryl methyl sites for hydroxylation is 1. The van der Waals surface area contributed by atoms with Gasteiger partial charge < -0.3 is 5.11 Å². The molecule has 1 aromatic rings. The van der Waals surface area contributed by atoms with Gasteiger partial charge in [0.15, 0.2) is 0 Å². The van der Waals surface area contributed by atoms with Gasteiger partial charge in [-0.25, -0.2) is 0 Å². The van der Waals surface area contributed by atoms with Crippen molar-refractivity contribution < 1.29 is 23.1 Å². The minimum atomic E-state index is -4.49. The summed E-state index contributed by atoms with van der Waals surface area (Å²) in [5.41, 5.74) is -0.252. The Balaban J connectivity index is 2.43. The summed E-state index contributed by atoms with van der Waals surface area (Å²) >= 11 is 11.7. The van der Waals surface area contributed by atoms with Gasteiger partial charge in [-0.1, -0.05) is 34.8 Å². The molecule has 0 aliphatic heterocycles. The van der Waals surface area contributed by atoms with Gasteiger partial charge in [-0.3, -0.25) is 4.79 Å². The average molecular weight is 313 g/mol. The molecule has 0 radical (unpaired) electrons. The highest BCUT2D eigenvalue weighted by Gasteiger charge is 2.68. The van der Waals surface area contributed by atoms with Crippen molar-refractivity contribution in [2.75, 3.05) is 0 Å². The Hall–Kier alpha value is -0.940. The van der Waals surface area contributed by atoms with Crippen LogP contribution in [0.2, 0.25) is 0 Å². The molecule has 1 aromatic carbocycles. The Kier molecular flexibility index (Phi) is 3.26. The number of halogens is 5. The summed E-state index contributed by atoms with van der Waals surface area (Å²) in [6, 6.07) is 3.37. The summed E-state index contributed by atoms with van der Waals surface area (Å²) in [5.74, 6) is -3.13. The number of alkyl halides is 5. The van der Waals surface area contributed by atoms with E-state index in [9.17, 15) is 18.0 Å². The maximum atomic E-state index is 12.7. The number of carboxylic acid groups (broad SMARTS) is 1. The normalized spacial score (nSPS) is 25.2. The first-order valence-electron chi connectivity index (χ1n) is 5.34.